The summed E-state index contributed by atoms with van der Waals surface area (Å²) < 4.78 is 0. The Labute approximate surface area is 110 Å². The number of rotatable bonds is 2. The topological polar surface area (TPSA) is 73.9 Å². The van der Waals surface area contributed by atoms with E-state index in [1.807, 2.05) is 12.1 Å². The number of hydrogen-bond donors (Lipinski definition) is 2. The number of aromatic nitrogens is 3. The van der Waals surface area contributed by atoms with Crippen molar-refractivity contribution in [3.63, 3.8) is 0 Å². The second-order valence-electron chi connectivity index (χ2n) is 4.43. The van der Waals surface area contributed by atoms with Gasteiger partial charge < -0.3 is 10.2 Å². The fourth-order valence-corrected chi connectivity index (χ4v) is 2.14. The van der Waals surface area contributed by atoms with E-state index in [4.69, 9.17) is 0 Å². The number of nitrogens with zero attached hydrogens (tertiary/aromatic N) is 3. The lowest BCUT2D eigenvalue weighted by Gasteiger charge is -2.27. The van der Waals surface area contributed by atoms with Crippen LogP contribution in [0.2, 0.25) is 0 Å². The molecule has 19 heavy (non-hydrogen) atoms. The summed E-state index contributed by atoms with van der Waals surface area (Å²) in [6.07, 6.45) is 3.39. The molecule has 1 saturated heterocycles. The predicted molar refractivity (Wildman–Crippen MR) is 73.2 cm³/mol. The van der Waals surface area contributed by atoms with Gasteiger partial charge >= 0.3 is 0 Å². The monoisotopic (exact) mass is 257 g/mol. The lowest BCUT2D eigenvalue weighted by atomic mass is 10.2. The summed E-state index contributed by atoms with van der Waals surface area (Å²) in [6.45, 7) is 3.51. The van der Waals surface area contributed by atoms with Gasteiger partial charge in [0.05, 0.1) is 5.69 Å². The Hall–Kier alpha value is -2.21. The standard InChI is InChI=1S/C13H15N5O/c19-12-9-11(10-1-3-14-4-2-10)16-13(17-12)18-7-5-15-6-8-18/h1-4,9,15H,5-8H2,(H,16,17,19). The number of anilines is 1. The minimum atomic E-state index is -0.129. The molecule has 0 aliphatic carbocycles. The van der Waals surface area contributed by atoms with E-state index in [0.717, 1.165) is 31.7 Å². The lowest BCUT2D eigenvalue weighted by Crippen LogP contribution is -2.44. The van der Waals surface area contributed by atoms with Gasteiger partial charge in [-0.2, -0.15) is 0 Å². The van der Waals surface area contributed by atoms with Crippen LogP contribution < -0.4 is 15.8 Å². The molecule has 0 spiro atoms. The summed E-state index contributed by atoms with van der Waals surface area (Å²) in [5.41, 5.74) is 1.45. The van der Waals surface area contributed by atoms with Gasteiger partial charge in [0.25, 0.3) is 5.56 Å². The molecule has 3 rings (SSSR count). The third-order valence-corrected chi connectivity index (χ3v) is 3.12. The first-order chi connectivity index (χ1) is 9.33. The first kappa shape index (κ1) is 11.9. The molecule has 1 fully saturated rings. The Bertz CT molecular complexity index is 604. The Morgan fingerprint density at radius 1 is 1.16 bits per heavy atom. The zero-order valence-electron chi connectivity index (χ0n) is 10.5. The molecule has 2 aromatic rings. The third kappa shape index (κ3) is 2.63. The molecular formula is C13H15N5O. The second kappa shape index (κ2) is 5.19. The molecule has 0 amide bonds. The van der Waals surface area contributed by atoms with Gasteiger partial charge in [-0.3, -0.25) is 14.8 Å². The normalized spacial score (nSPS) is 15.5. The number of nitrogens with one attached hydrogen (secondary N) is 2. The summed E-state index contributed by atoms with van der Waals surface area (Å²) >= 11 is 0. The van der Waals surface area contributed by atoms with Crippen LogP contribution in [0.3, 0.4) is 0 Å². The molecule has 0 saturated carbocycles. The van der Waals surface area contributed by atoms with E-state index >= 15 is 0 Å². The van der Waals surface area contributed by atoms with Crippen LogP contribution in [0.4, 0.5) is 5.95 Å². The highest BCUT2D eigenvalue weighted by Gasteiger charge is 2.13. The number of hydrogen-bond acceptors (Lipinski definition) is 5. The van der Waals surface area contributed by atoms with Crippen molar-refractivity contribution in [3.05, 3.63) is 40.9 Å². The highest BCUT2D eigenvalue weighted by Crippen LogP contribution is 2.16. The van der Waals surface area contributed by atoms with E-state index in [2.05, 4.69) is 25.2 Å². The maximum Gasteiger partial charge on any atom is 0.252 e. The first-order valence-corrected chi connectivity index (χ1v) is 6.30. The molecule has 0 aromatic carbocycles. The van der Waals surface area contributed by atoms with Crippen LogP contribution in [0.15, 0.2) is 35.4 Å². The van der Waals surface area contributed by atoms with Gasteiger partial charge in [0.2, 0.25) is 5.95 Å². The van der Waals surface area contributed by atoms with E-state index in [1.54, 1.807) is 12.4 Å². The average molecular weight is 257 g/mol. The Morgan fingerprint density at radius 3 is 2.63 bits per heavy atom. The smallest absolute Gasteiger partial charge is 0.252 e. The number of H-pyrrole nitrogens is 1. The number of piperazine rings is 1. The zero-order valence-corrected chi connectivity index (χ0v) is 10.5. The SMILES string of the molecule is O=c1cc(-c2ccncc2)nc(N2CCNCC2)[nH]1. The molecule has 0 atom stereocenters. The zero-order chi connectivity index (χ0) is 13.1. The Morgan fingerprint density at radius 2 is 1.89 bits per heavy atom. The van der Waals surface area contributed by atoms with Gasteiger partial charge in [-0.05, 0) is 12.1 Å². The van der Waals surface area contributed by atoms with Crippen molar-refractivity contribution in [2.45, 2.75) is 0 Å². The molecule has 98 valence electrons. The van der Waals surface area contributed by atoms with Crippen molar-refractivity contribution in [3.8, 4) is 11.3 Å². The summed E-state index contributed by atoms with van der Waals surface area (Å²) in [4.78, 5) is 25.2. The predicted octanol–water partition coefficient (Wildman–Crippen LogP) is 0.241. The molecule has 3 heterocycles. The van der Waals surface area contributed by atoms with Crippen LogP contribution in [-0.4, -0.2) is 41.1 Å². The summed E-state index contributed by atoms with van der Waals surface area (Å²) in [5, 5.41) is 3.28. The van der Waals surface area contributed by atoms with Crippen LogP contribution in [0.5, 0.6) is 0 Å². The minimum Gasteiger partial charge on any atom is -0.340 e. The molecular weight excluding hydrogens is 242 g/mol. The summed E-state index contributed by atoms with van der Waals surface area (Å²) in [7, 11) is 0. The van der Waals surface area contributed by atoms with Crippen molar-refractivity contribution in [1.82, 2.24) is 20.3 Å². The quantitative estimate of drug-likeness (QED) is 0.806. The van der Waals surface area contributed by atoms with Crippen LogP contribution in [0.1, 0.15) is 0 Å². The molecule has 1 aliphatic heterocycles. The molecule has 6 heteroatoms. The highest BCUT2D eigenvalue weighted by molar-refractivity contribution is 5.59. The minimum absolute atomic E-state index is 0.129. The average Bonchev–Trinajstić information content (AvgIpc) is 2.48. The fourth-order valence-electron chi connectivity index (χ4n) is 2.14. The largest absolute Gasteiger partial charge is 0.340 e. The lowest BCUT2D eigenvalue weighted by molar-refractivity contribution is 0.579. The summed E-state index contributed by atoms with van der Waals surface area (Å²) in [5.74, 6) is 0.640. The first-order valence-electron chi connectivity index (χ1n) is 6.30. The number of pyridine rings is 1. The Balaban J connectivity index is 1.98. The van der Waals surface area contributed by atoms with Gasteiger partial charge in [0.1, 0.15) is 0 Å². The molecule has 0 unspecified atom stereocenters. The molecule has 0 radical (unpaired) electrons. The van der Waals surface area contributed by atoms with Gasteiger partial charge in [0.15, 0.2) is 0 Å². The molecule has 2 N–H and O–H groups in total. The van der Waals surface area contributed by atoms with Gasteiger partial charge in [-0.15, -0.1) is 0 Å². The maximum atomic E-state index is 11.8. The molecule has 1 aliphatic rings. The third-order valence-electron chi connectivity index (χ3n) is 3.12. The van der Waals surface area contributed by atoms with Crippen LogP contribution in [0.25, 0.3) is 11.3 Å². The Kier molecular flexibility index (Phi) is 3.24. The van der Waals surface area contributed by atoms with Gasteiger partial charge in [-0.25, -0.2) is 4.98 Å². The van der Waals surface area contributed by atoms with Crippen LogP contribution in [0, 0.1) is 0 Å². The summed E-state index contributed by atoms with van der Waals surface area (Å²) in [6, 6.07) is 5.22. The number of aromatic amines is 1. The van der Waals surface area contributed by atoms with E-state index in [1.165, 1.54) is 6.07 Å². The van der Waals surface area contributed by atoms with Gasteiger partial charge in [-0.1, -0.05) is 0 Å². The van der Waals surface area contributed by atoms with Crippen molar-refractivity contribution in [2.24, 2.45) is 0 Å². The molecule has 2 aromatic heterocycles. The van der Waals surface area contributed by atoms with E-state index in [9.17, 15) is 4.79 Å². The molecule has 6 nitrogen and oxygen atoms in total. The van der Waals surface area contributed by atoms with E-state index in [0.29, 0.717) is 11.6 Å². The fraction of sp³-hybridized carbons (Fsp3) is 0.308. The van der Waals surface area contributed by atoms with E-state index < -0.39 is 0 Å². The van der Waals surface area contributed by atoms with Crippen molar-refractivity contribution >= 4 is 5.95 Å². The molecule has 0 bridgehead atoms. The van der Waals surface area contributed by atoms with Crippen LogP contribution >= 0.6 is 0 Å². The highest BCUT2D eigenvalue weighted by atomic mass is 16.1. The van der Waals surface area contributed by atoms with Crippen LogP contribution in [-0.2, 0) is 0 Å². The second-order valence-corrected chi connectivity index (χ2v) is 4.43. The van der Waals surface area contributed by atoms with Gasteiger partial charge in [0, 0.05) is 50.2 Å². The van der Waals surface area contributed by atoms with Crippen molar-refractivity contribution < 1.29 is 0 Å². The van der Waals surface area contributed by atoms with E-state index in [-0.39, 0.29) is 5.56 Å². The van der Waals surface area contributed by atoms with Crippen molar-refractivity contribution in [2.75, 3.05) is 31.1 Å². The van der Waals surface area contributed by atoms with Crippen molar-refractivity contribution in [1.29, 1.82) is 0 Å². The maximum absolute atomic E-state index is 11.8.